The van der Waals surface area contributed by atoms with E-state index in [2.05, 4.69) is 16.7 Å². The Morgan fingerprint density at radius 1 is 1.35 bits per heavy atom. The van der Waals surface area contributed by atoms with E-state index in [-0.39, 0.29) is 12.5 Å². The van der Waals surface area contributed by atoms with Crippen LogP contribution >= 0.6 is 8.35 Å². The zero-order valence-corrected chi connectivity index (χ0v) is 12.4. The van der Waals surface area contributed by atoms with Crippen LogP contribution in [-0.2, 0) is 11.4 Å². The van der Waals surface area contributed by atoms with E-state index < -0.39 is 6.04 Å². The molecule has 0 radical (unpaired) electrons. The van der Waals surface area contributed by atoms with Gasteiger partial charge in [0.15, 0.2) is 0 Å². The smallest absolute Gasteiger partial charge is 0.241 e. The molecule has 0 aliphatic rings. The molecule has 0 aliphatic heterocycles. The van der Waals surface area contributed by atoms with E-state index in [0.29, 0.717) is 12.1 Å². The third-order valence-corrected chi connectivity index (χ3v) is 3.35. The largest absolute Gasteiger partial charge is 0.392 e. The fraction of sp³-hybridized carbons (Fsp3) is 0.429. The predicted molar refractivity (Wildman–Crippen MR) is 84.9 cm³/mol. The Morgan fingerprint density at radius 3 is 2.65 bits per heavy atom. The number of aliphatic hydroxyl groups is 1. The molecule has 0 saturated carbocycles. The van der Waals surface area contributed by atoms with E-state index in [4.69, 9.17) is 10.8 Å². The van der Waals surface area contributed by atoms with Gasteiger partial charge in [-0.2, -0.15) is 0 Å². The zero-order valence-electron chi connectivity index (χ0n) is 11.5. The summed E-state index contributed by atoms with van der Waals surface area (Å²) in [4.78, 5) is 11.9. The van der Waals surface area contributed by atoms with Gasteiger partial charge in [0.25, 0.3) is 0 Å². The molecule has 5 N–H and O–H groups in total. The number of anilines is 1. The van der Waals surface area contributed by atoms with Gasteiger partial charge in [-0.15, -0.1) is 0 Å². The number of benzene rings is 1. The Balaban J connectivity index is 2.31. The molecule has 1 aromatic rings. The van der Waals surface area contributed by atoms with Crippen LogP contribution in [0, 0.1) is 0 Å². The highest BCUT2D eigenvalue weighted by Gasteiger charge is 2.12. The standard InChI is InChI=1S/C14H22N3O2P/c1-20-16-9-3-2-4-13(15)14(19)17-12-7-5-11(10-18)6-8-12/h5-8,13,16,18H,1-4,9-10,15H2,(H,17,19)/t13-/m0/s1. The monoisotopic (exact) mass is 295 g/mol. The zero-order chi connectivity index (χ0) is 14.8. The third-order valence-electron chi connectivity index (χ3n) is 2.91. The first-order valence-electron chi connectivity index (χ1n) is 6.62. The second kappa shape index (κ2) is 9.61. The molecule has 1 amide bonds. The first-order valence-corrected chi connectivity index (χ1v) is 7.70. The lowest BCUT2D eigenvalue weighted by atomic mass is 10.1. The van der Waals surface area contributed by atoms with Crippen LogP contribution in [0.3, 0.4) is 0 Å². The molecule has 5 nitrogen and oxygen atoms in total. The minimum atomic E-state index is -0.496. The Morgan fingerprint density at radius 2 is 2.05 bits per heavy atom. The van der Waals surface area contributed by atoms with Crippen molar-refractivity contribution in [2.75, 3.05) is 11.9 Å². The van der Waals surface area contributed by atoms with Crippen LogP contribution in [0.25, 0.3) is 0 Å². The molecule has 1 rings (SSSR count). The Hall–Kier alpha value is -1.26. The van der Waals surface area contributed by atoms with Crippen LogP contribution in [0.5, 0.6) is 0 Å². The van der Waals surface area contributed by atoms with E-state index in [0.717, 1.165) is 33.3 Å². The molecule has 0 unspecified atom stereocenters. The number of carbonyl (C=O) groups excluding carboxylic acids is 1. The highest BCUT2D eigenvalue weighted by atomic mass is 31.1. The summed E-state index contributed by atoms with van der Waals surface area (Å²) in [5.74, 6) is -0.176. The van der Waals surface area contributed by atoms with Gasteiger partial charge in [-0.1, -0.05) is 24.9 Å². The highest BCUT2D eigenvalue weighted by molar-refractivity contribution is 7.34. The molecule has 1 atom stereocenters. The van der Waals surface area contributed by atoms with Crippen molar-refractivity contribution in [1.82, 2.24) is 5.09 Å². The van der Waals surface area contributed by atoms with Gasteiger partial charge in [-0.3, -0.25) is 9.88 Å². The Bertz CT molecular complexity index is 423. The first kappa shape index (κ1) is 16.8. The van der Waals surface area contributed by atoms with Gasteiger partial charge in [0.05, 0.1) is 12.6 Å². The van der Waals surface area contributed by atoms with Crippen molar-refractivity contribution >= 4 is 26.2 Å². The molecule has 6 heteroatoms. The van der Waals surface area contributed by atoms with Crippen molar-refractivity contribution in [3.63, 3.8) is 0 Å². The SMILES string of the molecule is C=PNCCCC[C@H](N)C(=O)Nc1ccc(CO)cc1. The third kappa shape index (κ3) is 6.26. The van der Waals surface area contributed by atoms with E-state index in [1.807, 2.05) is 0 Å². The van der Waals surface area contributed by atoms with Crippen LogP contribution < -0.4 is 16.1 Å². The number of unbranched alkanes of at least 4 members (excludes halogenated alkanes) is 1. The van der Waals surface area contributed by atoms with Crippen molar-refractivity contribution in [3.05, 3.63) is 29.8 Å². The second-order valence-corrected chi connectivity index (χ2v) is 5.15. The van der Waals surface area contributed by atoms with Gasteiger partial charge in [0.1, 0.15) is 0 Å². The Labute approximate surface area is 121 Å². The number of hydrogen-bond acceptors (Lipinski definition) is 4. The molecule has 1 aromatic carbocycles. The van der Waals surface area contributed by atoms with Gasteiger partial charge < -0.3 is 16.2 Å². The summed E-state index contributed by atoms with van der Waals surface area (Å²) in [6.45, 7) is 0.885. The lowest BCUT2D eigenvalue weighted by molar-refractivity contribution is -0.117. The molecule has 0 heterocycles. The summed E-state index contributed by atoms with van der Waals surface area (Å²) < 4.78 is 0. The van der Waals surface area contributed by atoms with E-state index in [1.165, 1.54) is 0 Å². The molecule has 0 fully saturated rings. The summed E-state index contributed by atoms with van der Waals surface area (Å²) in [6.07, 6.45) is 6.21. The van der Waals surface area contributed by atoms with E-state index >= 15 is 0 Å². The number of nitrogens with one attached hydrogen (secondary N) is 2. The highest BCUT2D eigenvalue weighted by Crippen LogP contribution is 2.10. The number of nitrogens with two attached hydrogens (primary N) is 1. The molecule has 0 aromatic heterocycles. The summed E-state index contributed by atoms with van der Waals surface area (Å²) >= 11 is 0. The van der Waals surface area contributed by atoms with Crippen molar-refractivity contribution in [1.29, 1.82) is 0 Å². The number of carbonyl (C=O) groups is 1. The minimum absolute atomic E-state index is 0.00547. The first-order chi connectivity index (χ1) is 9.67. The normalized spacial score (nSPS) is 12.3. The maximum absolute atomic E-state index is 11.9. The number of rotatable bonds is 9. The van der Waals surface area contributed by atoms with Crippen LogP contribution in [0.15, 0.2) is 24.3 Å². The van der Waals surface area contributed by atoms with E-state index in [9.17, 15) is 4.79 Å². The lowest BCUT2D eigenvalue weighted by Crippen LogP contribution is -2.35. The summed E-state index contributed by atoms with van der Waals surface area (Å²) in [5.41, 5.74) is 7.35. The summed E-state index contributed by atoms with van der Waals surface area (Å²) in [7, 11) is 0.927. The van der Waals surface area contributed by atoms with Crippen molar-refractivity contribution in [2.45, 2.75) is 31.9 Å². The summed E-state index contributed by atoms with van der Waals surface area (Å²) in [5, 5.41) is 14.8. The number of hydrogen-bond donors (Lipinski definition) is 4. The quantitative estimate of drug-likeness (QED) is 0.411. The van der Waals surface area contributed by atoms with Crippen LogP contribution in [-0.4, -0.2) is 29.9 Å². The molecule has 110 valence electrons. The maximum atomic E-state index is 11.9. The summed E-state index contributed by atoms with van der Waals surface area (Å²) in [6, 6.07) is 6.56. The molecule has 20 heavy (non-hydrogen) atoms. The second-order valence-electron chi connectivity index (χ2n) is 4.51. The molecular weight excluding hydrogens is 273 g/mol. The predicted octanol–water partition coefficient (Wildman–Crippen LogP) is 1.50. The average Bonchev–Trinajstić information content (AvgIpc) is 2.47. The van der Waals surface area contributed by atoms with Crippen molar-refractivity contribution in [3.8, 4) is 0 Å². The van der Waals surface area contributed by atoms with Crippen LogP contribution in [0.4, 0.5) is 5.69 Å². The van der Waals surface area contributed by atoms with Crippen LogP contribution in [0.2, 0.25) is 0 Å². The van der Waals surface area contributed by atoms with Gasteiger partial charge >= 0.3 is 0 Å². The molecule has 0 aliphatic carbocycles. The van der Waals surface area contributed by atoms with Crippen molar-refractivity contribution < 1.29 is 9.90 Å². The minimum Gasteiger partial charge on any atom is -0.392 e. The fourth-order valence-electron chi connectivity index (χ4n) is 1.71. The lowest BCUT2D eigenvalue weighted by Gasteiger charge is -2.12. The van der Waals surface area contributed by atoms with Crippen LogP contribution in [0.1, 0.15) is 24.8 Å². The number of aliphatic hydroxyl groups excluding tert-OH is 1. The van der Waals surface area contributed by atoms with Gasteiger partial charge in [0, 0.05) is 12.2 Å². The molecule has 0 bridgehead atoms. The van der Waals surface area contributed by atoms with Gasteiger partial charge in [-0.25, -0.2) is 0 Å². The topological polar surface area (TPSA) is 87.4 Å². The molecule has 0 saturated heterocycles. The molecular formula is C14H22N3O2P. The van der Waals surface area contributed by atoms with Gasteiger partial charge in [-0.05, 0) is 38.9 Å². The maximum Gasteiger partial charge on any atom is 0.241 e. The molecule has 0 spiro atoms. The van der Waals surface area contributed by atoms with Gasteiger partial charge in [0.2, 0.25) is 5.91 Å². The van der Waals surface area contributed by atoms with Crippen molar-refractivity contribution in [2.24, 2.45) is 5.73 Å². The van der Waals surface area contributed by atoms with E-state index in [1.54, 1.807) is 24.3 Å². The average molecular weight is 295 g/mol. The Kier molecular flexibility index (Phi) is 8.07. The fourth-order valence-corrected chi connectivity index (χ4v) is 2.02. The number of amides is 1.